The van der Waals surface area contributed by atoms with Crippen molar-refractivity contribution in [1.82, 2.24) is 10.2 Å². The Balaban J connectivity index is 1.75. The fourth-order valence-electron chi connectivity index (χ4n) is 3.51. The molecule has 0 aromatic heterocycles. The summed E-state index contributed by atoms with van der Waals surface area (Å²) in [4.78, 5) is 14.9. The maximum atomic E-state index is 13.8. The lowest BCUT2D eigenvalue weighted by Crippen LogP contribution is -2.48. The Morgan fingerprint density at radius 3 is 2.91 bits per heavy atom. The third-order valence-corrected chi connectivity index (χ3v) is 4.66. The molecule has 2 saturated heterocycles. The molecule has 4 nitrogen and oxygen atoms in total. The van der Waals surface area contributed by atoms with E-state index < -0.39 is 11.9 Å². The zero-order valence-electron chi connectivity index (χ0n) is 12.9. The van der Waals surface area contributed by atoms with Gasteiger partial charge in [0.15, 0.2) is 17.7 Å². The molecular weight excluding hydrogens is 283 g/mol. The van der Waals surface area contributed by atoms with E-state index in [4.69, 9.17) is 4.74 Å². The molecular formula is C17H23FN2O2. The molecule has 2 aliphatic heterocycles. The number of rotatable bonds is 4. The number of hydrogen-bond acceptors (Lipinski definition) is 3. The SMILES string of the molecule is CCC(Oc1ccccc1F)C(=O)N1C2CCNCC1CC2. The zero-order valence-corrected chi connectivity index (χ0v) is 12.9. The maximum absolute atomic E-state index is 13.8. The third-order valence-electron chi connectivity index (χ3n) is 4.66. The van der Waals surface area contributed by atoms with Gasteiger partial charge in [0, 0.05) is 18.6 Å². The lowest BCUT2D eigenvalue weighted by molar-refractivity contribution is -0.141. The van der Waals surface area contributed by atoms with Crippen LogP contribution in [-0.4, -0.2) is 42.1 Å². The van der Waals surface area contributed by atoms with Gasteiger partial charge in [-0.05, 0) is 44.4 Å². The molecule has 2 fully saturated rings. The molecule has 2 aliphatic rings. The van der Waals surface area contributed by atoms with E-state index in [9.17, 15) is 9.18 Å². The minimum absolute atomic E-state index is 0.00181. The van der Waals surface area contributed by atoms with Crippen molar-refractivity contribution >= 4 is 5.91 Å². The summed E-state index contributed by atoms with van der Waals surface area (Å²) in [6.07, 6.45) is 3.01. The summed E-state index contributed by atoms with van der Waals surface area (Å²) in [6, 6.07) is 6.81. The second-order valence-electron chi connectivity index (χ2n) is 6.07. The van der Waals surface area contributed by atoms with Gasteiger partial charge in [-0.1, -0.05) is 19.1 Å². The molecule has 0 spiro atoms. The van der Waals surface area contributed by atoms with Crippen LogP contribution in [0.15, 0.2) is 24.3 Å². The highest BCUT2D eigenvalue weighted by Crippen LogP contribution is 2.30. The summed E-state index contributed by atoms with van der Waals surface area (Å²) in [5.41, 5.74) is 0. The Bertz CT molecular complexity index is 523. The quantitative estimate of drug-likeness (QED) is 0.928. The number of carbonyl (C=O) groups is 1. The first kappa shape index (κ1) is 15.3. The van der Waals surface area contributed by atoms with E-state index in [1.54, 1.807) is 18.2 Å². The third kappa shape index (κ3) is 2.95. The van der Waals surface area contributed by atoms with Gasteiger partial charge in [-0.3, -0.25) is 4.79 Å². The Morgan fingerprint density at radius 2 is 2.14 bits per heavy atom. The van der Waals surface area contributed by atoms with Crippen LogP contribution >= 0.6 is 0 Å². The van der Waals surface area contributed by atoms with Crippen LogP contribution in [0.25, 0.3) is 0 Å². The second kappa shape index (κ2) is 6.65. The van der Waals surface area contributed by atoms with Crippen LogP contribution in [0.3, 0.4) is 0 Å². The summed E-state index contributed by atoms with van der Waals surface area (Å²) in [6.45, 7) is 3.70. The van der Waals surface area contributed by atoms with Crippen LogP contribution in [0.4, 0.5) is 4.39 Å². The first-order valence-corrected chi connectivity index (χ1v) is 8.14. The van der Waals surface area contributed by atoms with Gasteiger partial charge in [0.25, 0.3) is 5.91 Å². The van der Waals surface area contributed by atoms with E-state index in [1.807, 2.05) is 11.8 Å². The molecule has 1 amide bonds. The summed E-state index contributed by atoms with van der Waals surface area (Å²) in [7, 11) is 0. The molecule has 0 radical (unpaired) electrons. The van der Waals surface area contributed by atoms with Crippen molar-refractivity contribution in [3.05, 3.63) is 30.1 Å². The number of nitrogens with one attached hydrogen (secondary N) is 1. The summed E-state index contributed by atoms with van der Waals surface area (Å²) < 4.78 is 19.5. The van der Waals surface area contributed by atoms with Gasteiger partial charge in [-0.2, -0.15) is 0 Å². The number of ether oxygens (including phenoxy) is 1. The van der Waals surface area contributed by atoms with Crippen LogP contribution < -0.4 is 10.1 Å². The monoisotopic (exact) mass is 306 g/mol. The maximum Gasteiger partial charge on any atom is 0.264 e. The standard InChI is InChI=1S/C17H23FN2O2/c1-2-15(22-16-6-4-3-5-14(16)18)17(21)20-12-7-8-13(20)11-19-10-9-12/h3-6,12-13,15,19H,2,7-11H2,1H3. The average molecular weight is 306 g/mol. The van der Waals surface area contributed by atoms with Crippen molar-refractivity contribution < 1.29 is 13.9 Å². The number of carbonyl (C=O) groups excluding carboxylic acids is 1. The zero-order chi connectivity index (χ0) is 15.5. The van der Waals surface area contributed by atoms with Crippen LogP contribution in [0.2, 0.25) is 0 Å². The van der Waals surface area contributed by atoms with Crippen molar-refractivity contribution in [1.29, 1.82) is 0 Å². The van der Waals surface area contributed by atoms with E-state index in [-0.39, 0.29) is 17.7 Å². The van der Waals surface area contributed by atoms with Gasteiger partial charge < -0.3 is 15.0 Å². The van der Waals surface area contributed by atoms with Crippen molar-refractivity contribution in [3.63, 3.8) is 0 Å². The summed E-state index contributed by atoms with van der Waals surface area (Å²) in [5.74, 6) is -0.265. The first-order valence-electron chi connectivity index (χ1n) is 8.14. The average Bonchev–Trinajstić information content (AvgIpc) is 2.79. The lowest BCUT2D eigenvalue weighted by Gasteiger charge is -2.31. The Morgan fingerprint density at radius 1 is 1.36 bits per heavy atom. The molecule has 2 bridgehead atoms. The second-order valence-corrected chi connectivity index (χ2v) is 6.07. The topological polar surface area (TPSA) is 41.6 Å². The predicted octanol–water partition coefficient (Wildman–Crippen LogP) is 2.34. The van der Waals surface area contributed by atoms with E-state index in [1.165, 1.54) is 6.07 Å². The number of fused-ring (bicyclic) bond motifs is 2. The van der Waals surface area contributed by atoms with E-state index in [2.05, 4.69) is 5.32 Å². The highest BCUT2D eigenvalue weighted by atomic mass is 19.1. The summed E-state index contributed by atoms with van der Waals surface area (Å²) in [5, 5.41) is 3.38. The number of nitrogens with zero attached hydrogens (tertiary/aromatic N) is 1. The van der Waals surface area contributed by atoms with Crippen molar-refractivity contribution in [2.24, 2.45) is 0 Å². The largest absolute Gasteiger partial charge is 0.478 e. The molecule has 1 N–H and O–H groups in total. The van der Waals surface area contributed by atoms with Gasteiger partial charge in [0.05, 0.1) is 0 Å². The molecule has 1 aromatic rings. The molecule has 2 heterocycles. The van der Waals surface area contributed by atoms with Crippen LogP contribution in [-0.2, 0) is 4.79 Å². The minimum atomic E-state index is -0.613. The Hall–Kier alpha value is -1.62. The fraction of sp³-hybridized carbons (Fsp3) is 0.588. The normalized spacial score (nSPS) is 25.6. The van der Waals surface area contributed by atoms with Gasteiger partial charge in [-0.15, -0.1) is 0 Å². The molecule has 22 heavy (non-hydrogen) atoms. The van der Waals surface area contributed by atoms with Gasteiger partial charge in [-0.25, -0.2) is 4.39 Å². The van der Waals surface area contributed by atoms with Crippen molar-refractivity contribution in [2.75, 3.05) is 13.1 Å². The van der Waals surface area contributed by atoms with E-state index in [0.29, 0.717) is 12.5 Å². The summed E-state index contributed by atoms with van der Waals surface area (Å²) >= 11 is 0. The number of halogens is 1. The van der Waals surface area contributed by atoms with Crippen molar-refractivity contribution in [3.8, 4) is 5.75 Å². The number of para-hydroxylation sites is 1. The van der Waals surface area contributed by atoms with Crippen LogP contribution in [0.5, 0.6) is 5.75 Å². The van der Waals surface area contributed by atoms with E-state index in [0.717, 1.165) is 32.4 Å². The highest BCUT2D eigenvalue weighted by molar-refractivity contribution is 5.82. The molecule has 1 aromatic carbocycles. The first-order chi connectivity index (χ1) is 10.7. The predicted molar refractivity (Wildman–Crippen MR) is 82.2 cm³/mol. The highest BCUT2D eigenvalue weighted by Gasteiger charge is 2.40. The fourth-order valence-corrected chi connectivity index (χ4v) is 3.51. The van der Waals surface area contributed by atoms with E-state index >= 15 is 0 Å². The Labute approximate surface area is 130 Å². The minimum Gasteiger partial charge on any atom is -0.478 e. The molecule has 0 aliphatic carbocycles. The lowest BCUT2D eigenvalue weighted by atomic mass is 10.1. The molecule has 120 valence electrons. The van der Waals surface area contributed by atoms with Gasteiger partial charge in [0.2, 0.25) is 0 Å². The van der Waals surface area contributed by atoms with Crippen LogP contribution in [0, 0.1) is 5.82 Å². The van der Waals surface area contributed by atoms with Crippen LogP contribution in [0.1, 0.15) is 32.6 Å². The molecule has 3 rings (SSSR count). The molecule has 0 saturated carbocycles. The molecule has 5 heteroatoms. The molecule has 3 atom stereocenters. The number of hydrogen-bond donors (Lipinski definition) is 1. The van der Waals surface area contributed by atoms with Gasteiger partial charge >= 0.3 is 0 Å². The molecule has 3 unspecified atom stereocenters. The van der Waals surface area contributed by atoms with Gasteiger partial charge in [0.1, 0.15) is 0 Å². The van der Waals surface area contributed by atoms with Crippen molar-refractivity contribution in [2.45, 2.75) is 50.8 Å². The smallest absolute Gasteiger partial charge is 0.264 e. The Kier molecular flexibility index (Phi) is 4.62. The number of amides is 1. The number of benzene rings is 1.